The van der Waals surface area contributed by atoms with E-state index in [-0.39, 0.29) is 69.7 Å². The predicted molar refractivity (Wildman–Crippen MR) is 265 cm³/mol. The van der Waals surface area contributed by atoms with E-state index in [1.165, 1.54) is 94.4 Å². The molecule has 378 valence electrons. The molecule has 24 heteroatoms. The highest BCUT2D eigenvalue weighted by Gasteiger charge is 2.25. The second-order valence-corrected chi connectivity index (χ2v) is 15.7. The normalized spacial score (nSPS) is 11.5. The van der Waals surface area contributed by atoms with E-state index in [1.807, 2.05) is 0 Å². The number of anilines is 2. The molecule has 5 aromatic carbocycles. The molecule has 0 unspecified atom stereocenters. The fraction of sp³-hybridized carbons (Fsp3) is 0.122. The number of halogens is 6. The van der Waals surface area contributed by atoms with E-state index in [2.05, 4.69) is 25.6 Å². The van der Waals surface area contributed by atoms with Crippen molar-refractivity contribution in [3.8, 4) is 40.2 Å². The molecule has 1 aliphatic carbocycles. The van der Waals surface area contributed by atoms with Gasteiger partial charge in [0.2, 0.25) is 11.6 Å². The highest BCUT2D eigenvalue weighted by molar-refractivity contribution is 6.35. The van der Waals surface area contributed by atoms with Crippen LogP contribution in [0, 0.1) is 23.3 Å². The molecule has 8 aromatic rings. The van der Waals surface area contributed by atoms with E-state index in [0.717, 1.165) is 12.8 Å². The van der Waals surface area contributed by atoms with E-state index in [4.69, 9.17) is 58.2 Å². The van der Waals surface area contributed by atoms with Crippen molar-refractivity contribution in [2.24, 2.45) is 17.2 Å². The van der Waals surface area contributed by atoms with Gasteiger partial charge >= 0.3 is 6.03 Å². The minimum Gasteiger partial charge on any atom is -0.496 e. The summed E-state index contributed by atoms with van der Waals surface area (Å²) in [5.74, 6) is -6.55. The topological polar surface area (TPSA) is 281 Å². The molecule has 0 atom stereocenters. The Hall–Kier alpha value is -8.89. The molecule has 0 spiro atoms. The highest BCUT2D eigenvalue weighted by atomic mass is 35.5. The number of nitrogens with one attached hydrogen (secondary N) is 2. The molecule has 0 aliphatic heterocycles. The van der Waals surface area contributed by atoms with E-state index in [1.54, 1.807) is 24.4 Å². The number of nitrogen functional groups attached to an aromatic ring is 1. The second-order valence-electron chi connectivity index (χ2n) is 15.3. The van der Waals surface area contributed by atoms with Gasteiger partial charge in [0.15, 0.2) is 23.1 Å². The first-order valence-electron chi connectivity index (χ1n) is 21.0. The summed E-state index contributed by atoms with van der Waals surface area (Å²) < 4.78 is 83.1. The fourth-order valence-electron chi connectivity index (χ4n) is 6.84. The summed E-state index contributed by atoms with van der Waals surface area (Å²) in [5, 5.41) is 6.84. The van der Waals surface area contributed by atoms with Gasteiger partial charge in [-0.3, -0.25) is 29.3 Å². The number of nitrogens with two attached hydrogens (primary N) is 4. The quantitative estimate of drug-likeness (QED) is 0.0492. The van der Waals surface area contributed by atoms with Crippen LogP contribution in [0.5, 0.6) is 40.2 Å². The lowest BCUT2D eigenvalue weighted by molar-refractivity contribution is 0.0989. The molecule has 10 N–H and O–H groups in total. The number of carbonyl (C=O) groups excluding carboxylic acids is 4. The average Bonchev–Trinajstić information content (AvgIpc) is 4.19. The molecule has 3 heterocycles. The van der Waals surface area contributed by atoms with Crippen LogP contribution in [0.4, 0.5) is 33.7 Å². The molecule has 1 fully saturated rings. The van der Waals surface area contributed by atoms with Crippen molar-refractivity contribution in [2.75, 3.05) is 32.4 Å². The van der Waals surface area contributed by atoms with Gasteiger partial charge in [-0.05, 0) is 73.5 Å². The number of nitrogens with zero attached hydrogens (tertiary/aromatic N) is 3. The van der Waals surface area contributed by atoms with Crippen molar-refractivity contribution >= 4 is 91.8 Å². The van der Waals surface area contributed by atoms with Gasteiger partial charge in [-0.25, -0.2) is 13.6 Å². The summed E-state index contributed by atoms with van der Waals surface area (Å²) in [6.07, 6.45) is 6.15. The third kappa shape index (κ3) is 12.0. The number of amides is 5. The molecular formula is C49H41Cl2F4N9O9. The van der Waals surface area contributed by atoms with Crippen molar-refractivity contribution in [2.45, 2.75) is 18.9 Å². The van der Waals surface area contributed by atoms with Crippen LogP contribution in [0.25, 0.3) is 32.7 Å². The SMILES string of the molecule is COc1cc2nccc(Cl)c2cc1C(N)=O.COc1cc2nccc(Oc3ccc(N)c(F)c3F)c2cc1C(N)=O.COc1cc2nccc(Oc3ccc(NC(=O)NC4CC4)c(F)c3F)c2cc1C(N)=O.Cl. The molecule has 73 heavy (non-hydrogen) atoms. The zero-order chi connectivity index (χ0) is 52.0. The van der Waals surface area contributed by atoms with Crippen LogP contribution in [-0.2, 0) is 0 Å². The molecule has 1 saturated carbocycles. The van der Waals surface area contributed by atoms with Gasteiger partial charge in [0, 0.05) is 59.0 Å². The third-order valence-corrected chi connectivity index (χ3v) is 10.9. The predicted octanol–water partition coefficient (Wildman–Crippen LogP) is 9.11. The average molecular weight is 1050 g/mol. The molecule has 1 aliphatic rings. The lowest BCUT2D eigenvalue weighted by Crippen LogP contribution is -2.30. The molecule has 3 aromatic heterocycles. The first kappa shape index (κ1) is 53.5. The van der Waals surface area contributed by atoms with Crippen molar-refractivity contribution in [3.05, 3.63) is 142 Å². The number of rotatable bonds is 12. The second kappa shape index (κ2) is 22.9. The van der Waals surface area contributed by atoms with Gasteiger partial charge in [-0.2, -0.15) is 8.78 Å². The number of urea groups is 1. The van der Waals surface area contributed by atoms with Gasteiger partial charge in [0.1, 0.15) is 28.7 Å². The summed E-state index contributed by atoms with van der Waals surface area (Å²) in [6, 6.07) is 17.8. The van der Waals surface area contributed by atoms with E-state index in [0.29, 0.717) is 49.0 Å². The Bertz CT molecular complexity index is 3460. The zero-order valence-corrected chi connectivity index (χ0v) is 39.9. The van der Waals surface area contributed by atoms with Crippen molar-refractivity contribution in [1.29, 1.82) is 0 Å². The smallest absolute Gasteiger partial charge is 0.319 e. The molecule has 0 saturated heterocycles. The Kier molecular flexibility index (Phi) is 16.8. The number of ether oxygens (including phenoxy) is 5. The summed E-state index contributed by atoms with van der Waals surface area (Å²) >= 11 is 6.00. The summed E-state index contributed by atoms with van der Waals surface area (Å²) in [7, 11) is 4.24. The standard InChI is InChI=1S/C21H18F2N4O4.C17H13F2N3O3.C11H9ClN2O2.ClH/c1-30-17-9-14-11(8-12(17)20(24)28)15(6-7-25-14)31-16-5-4-13(18(22)19(16)23)27-21(29)26-10-2-3-10;1-24-14-7-11-8(6-9(14)17(21)23)12(4-5-22-11)25-13-3-2-10(20)15(18)16(13)19;1-16-10-5-9-6(4-7(10)11(13)15)8(12)2-3-14-9;/h4-10H,2-3H2,1H3,(H2,24,28)(H2,26,27,29);2-7H,20H2,1H3,(H2,21,23);2-5H,1H3,(H2,13,15);1H. The van der Waals surface area contributed by atoms with Crippen LogP contribution in [0.15, 0.2) is 97.5 Å². The Balaban J connectivity index is 0.000000186. The van der Waals surface area contributed by atoms with E-state index >= 15 is 0 Å². The Morgan fingerprint density at radius 1 is 0.548 bits per heavy atom. The van der Waals surface area contributed by atoms with E-state index < -0.39 is 52.8 Å². The number of fused-ring (bicyclic) bond motifs is 3. The number of primary amides is 3. The number of benzene rings is 5. The van der Waals surface area contributed by atoms with Crippen LogP contribution >= 0.6 is 24.0 Å². The minimum atomic E-state index is -1.28. The Morgan fingerprint density at radius 3 is 1.40 bits per heavy atom. The monoisotopic (exact) mass is 1050 g/mol. The molecule has 0 bridgehead atoms. The van der Waals surface area contributed by atoms with E-state index in [9.17, 15) is 36.7 Å². The van der Waals surface area contributed by atoms with Crippen LogP contribution < -0.4 is 57.3 Å². The van der Waals surface area contributed by atoms with Crippen molar-refractivity contribution < 1.29 is 60.4 Å². The maximum atomic E-state index is 14.6. The third-order valence-electron chi connectivity index (χ3n) is 10.6. The minimum absolute atomic E-state index is 0. The van der Waals surface area contributed by atoms with Gasteiger partial charge in [-0.1, -0.05) is 11.6 Å². The summed E-state index contributed by atoms with van der Waals surface area (Å²) in [5.41, 5.74) is 22.6. The number of hydrogen-bond acceptors (Lipinski definition) is 13. The number of methoxy groups -OCH3 is 3. The summed E-state index contributed by atoms with van der Waals surface area (Å²) in [4.78, 5) is 58.8. The van der Waals surface area contributed by atoms with Crippen LogP contribution in [0.3, 0.4) is 0 Å². The molecule has 9 rings (SSSR count). The highest BCUT2D eigenvalue weighted by Crippen LogP contribution is 2.38. The van der Waals surface area contributed by atoms with Crippen LogP contribution in [0.1, 0.15) is 43.9 Å². The van der Waals surface area contributed by atoms with Crippen molar-refractivity contribution in [3.63, 3.8) is 0 Å². The molecular weight excluding hydrogens is 1010 g/mol. The Labute approximate surface area is 422 Å². The molecule has 0 radical (unpaired) electrons. The van der Waals surface area contributed by atoms with Gasteiger partial charge in [0.25, 0.3) is 17.7 Å². The number of pyridine rings is 3. The lowest BCUT2D eigenvalue weighted by Gasteiger charge is -2.13. The van der Waals surface area contributed by atoms with Crippen LogP contribution in [0.2, 0.25) is 5.02 Å². The first-order valence-corrected chi connectivity index (χ1v) is 21.4. The maximum absolute atomic E-state index is 14.6. The fourth-order valence-corrected chi connectivity index (χ4v) is 7.05. The Morgan fingerprint density at radius 2 is 0.959 bits per heavy atom. The lowest BCUT2D eigenvalue weighted by atomic mass is 10.1. The van der Waals surface area contributed by atoms with Gasteiger partial charge < -0.3 is 57.3 Å². The zero-order valence-electron chi connectivity index (χ0n) is 38.4. The number of hydrogen-bond donors (Lipinski definition) is 6. The first-order chi connectivity index (χ1) is 34.4. The number of aromatic nitrogens is 3. The summed E-state index contributed by atoms with van der Waals surface area (Å²) in [6.45, 7) is 0. The van der Waals surface area contributed by atoms with Gasteiger partial charge in [0.05, 0.1) is 71.0 Å². The van der Waals surface area contributed by atoms with Gasteiger partial charge in [-0.15, -0.1) is 12.4 Å². The maximum Gasteiger partial charge on any atom is 0.319 e. The molecule has 18 nitrogen and oxygen atoms in total. The largest absolute Gasteiger partial charge is 0.496 e. The number of carbonyl (C=O) groups is 4. The van der Waals surface area contributed by atoms with Crippen LogP contribution in [-0.4, -0.2) is 66.1 Å². The van der Waals surface area contributed by atoms with Crippen molar-refractivity contribution in [1.82, 2.24) is 20.3 Å². The molecule has 5 amide bonds.